The van der Waals surface area contributed by atoms with E-state index in [9.17, 15) is 9.90 Å². The highest BCUT2D eigenvalue weighted by Crippen LogP contribution is 2.40. The minimum absolute atomic E-state index is 0.0212. The first-order valence-corrected chi connectivity index (χ1v) is 15.7. The van der Waals surface area contributed by atoms with Crippen LogP contribution < -0.4 is 16.3 Å². The number of aromatic amines is 2. The van der Waals surface area contributed by atoms with Crippen LogP contribution in [0.1, 0.15) is 61.4 Å². The number of halogens is 2. The summed E-state index contributed by atoms with van der Waals surface area (Å²) < 4.78 is 37.1. The molecule has 1 unspecified atom stereocenters. The number of rotatable bonds is 4. The lowest BCUT2D eigenvalue weighted by Gasteiger charge is -2.30. The molecule has 5 aromatic rings. The topological polar surface area (TPSA) is 146 Å². The number of nitrogens with two attached hydrogens (primary N) is 2. The van der Waals surface area contributed by atoms with E-state index >= 15 is 8.78 Å². The highest BCUT2D eigenvalue weighted by atomic mass is 19.1. The van der Waals surface area contributed by atoms with Crippen molar-refractivity contribution in [2.24, 2.45) is 11.6 Å². The molecule has 2 aromatic heterocycles. The van der Waals surface area contributed by atoms with Crippen LogP contribution in [-0.4, -0.2) is 37.6 Å². The van der Waals surface area contributed by atoms with Crippen LogP contribution in [0.2, 0.25) is 0 Å². The van der Waals surface area contributed by atoms with Gasteiger partial charge >= 0.3 is 5.97 Å². The fourth-order valence-electron chi connectivity index (χ4n) is 6.37. The Labute approximate surface area is 271 Å². The Balaban J connectivity index is 1.44. The molecule has 0 saturated carbocycles. The SMILES string of the molecule is CC1(c2cccc(CCC(=O)O)c2)CCC/C(N)=C/N(N)CCCc2c(c(F)cc3[nH]ccc23)Oc2ccc(F)c(c2)-c2ncc1[nH]2. The molecule has 1 atom stereocenters. The molecule has 0 spiro atoms. The molecule has 4 bridgehead atoms. The van der Waals surface area contributed by atoms with Crippen LogP contribution in [0.5, 0.6) is 11.5 Å². The summed E-state index contributed by atoms with van der Waals surface area (Å²) in [5.41, 5.74) is 10.6. The van der Waals surface area contributed by atoms with Crippen LogP contribution in [0.15, 0.2) is 78.9 Å². The van der Waals surface area contributed by atoms with Crippen LogP contribution in [0.3, 0.4) is 0 Å². The number of carboxylic acids is 1. The van der Waals surface area contributed by atoms with E-state index < -0.39 is 23.0 Å². The van der Waals surface area contributed by atoms with Crippen molar-refractivity contribution in [3.8, 4) is 22.9 Å². The van der Waals surface area contributed by atoms with Crippen molar-refractivity contribution in [1.82, 2.24) is 20.0 Å². The summed E-state index contributed by atoms with van der Waals surface area (Å²) in [7, 11) is 0. The van der Waals surface area contributed by atoms with Crippen molar-refractivity contribution in [2.75, 3.05) is 6.54 Å². The molecule has 6 rings (SSSR count). The van der Waals surface area contributed by atoms with Crippen LogP contribution in [0.4, 0.5) is 8.78 Å². The summed E-state index contributed by atoms with van der Waals surface area (Å²) in [6.07, 6.45) is 8.60. The number of hydrazine groups is 1. The largest absolute Gasteiger partial charge is 0.481 e. The molecule has 0 radical (unpaired) electrons. The summed E-state index contributed by atoms with van der Waals surface area (Å²) in [5, 5.41) is 11.6. The average Bonchev–Trinajstić information content (AvgIpc) is 3.72. The maximum atomic E-state index is 15.5. The molecule has 47 heavy (non-hydrogen) atoms. The molecule has 1 aliphatic heterocycles. The molecule has 0 saturated heterocycles. The van der Waals surface area contributed by atoms with E-state index in [4.69, 9.17) is 16.3 Å². The lowest BCUT2D eigenvalue weighted by Crippen LogP contribution is -2.28. The Kier molecular flexibility index (Phi) is 8.99. The van der Waals surface area contributed by atoms with Crippen LogP contribution in [-0.2, 0) is 23.1 Å². The number of hydrogen-bond donors (Lipinski definition) is 5. The summed E-state index contributed by atoms with van der Waals surface area (Å²) in [6.45, 7) is 2.55. The number of nitrogens with zero attached hydrogens (tertiary/aromatic N) is 2. The van der Waals surface area contributed by atoms with Gasteiger partial charge in [-0.3, -0.25) is 4.79 Å². The van der Waals surface area contributed by atoms with Gasteiger partial charge in [0.15, 0.2) is 11.6 Å². The lowest BCUT2D eigenvalue weighted by molar-refractivity contribution is -0.136. The Morgan fingerprint density at radius 3 is 2.79 bits per heavy atom. The number of aliphatic carboxylic acids is 1. The number of fused-ring (bicyclic) bond motifs is 8. The first-order valence-electron chi connectivity index (χ1n) is 15.7. The molecular formula is C36H38F2N6O3. The van der Waals surface area contributed by atoms with Gasteiger partial charge in [-0.2, -0.15) is 0 Å². The number of aryl methyl sites for hydroxylation is 2. The molecule has 0 fully saturated rings. The smallest absolute Gasteiger partial charge is 0.303 e. The molecule has 0 aliphatic carbocycles. The first-order chi connectivity index (χ1) is 22.6. The molecule has 3 heterocycles. The van der Waals surface area contributed by atoms with E-state index in [0.717, 1.165) is 22.2 Å². The number of ether oxygens (including phenoxy) is 1. The van der Waals surface area contributed by atoms with Gasteiger partial charge < -0.3 is 30.6 Å². The molecular weight excluding hydrogens is 602 g/mol. The maximum absolute atomic E-state index is 15.5. The summed E-state index contributed by atoms with van der Waals surface area (Å²) >= 11 is 0. The molecule has 1 aliphatic rings. The third kappa shape index (κ3) is 6.85. The lowest BCUT2D eigenvalue weighted by atomic mass is 9.75. The zero-order valence-corrected chi connectivity index (χ0v) is 26.2. The van der Waals surface area contributed by atoms with Crippen molar-refractivity contribution >= 4 is 16.9 Å². The maximum Gasteiger partial charge on any atom is 0.303 e. The molecule has 244 valence electrons. The van der Waals surface area contributed by atoms with Gasteiger partial charge in [-0.25, -0.2) is 19.6 Å². The first kappa shape index (κ1) is 31.8. The molecule has 11 heteroatoms. The normalized spacial score (nSPS) is 18.7. The van der Waals surface area contributed by atoms with Crippen LogP contribution >= 0.6 is 0 Å². The number of aromatic nitrogens is 3. The van der Waals surface area contributed by atoms with E-state index in [1.165, 1.54) is 24.3 Å². The summed E-state index contributed by atoms with van der Waals surface area (Å²) in [6, 6.07) is 15.4. The number of allylic oxidation sites excluding steroid dienone is 1. The van der Waals surface area contributed by atoms with E-state index in [-0.39, 0.29) is 23.5 Å². The number of carbonyl (C=O) groups is 1. The monoisotopic (exact) mass is 640 g/mol. The van der Waals surface area contributed by atoms with Gasteiger partial charge in [0.1, 0.15) is 17.4 Å². The minimum atomic E-state index is -0.861. The van der Waals surface area contributed by atoms with Gasteiger partial charge in [-0.15, -0.1) is 0 Å². The third-order valence-electron chi connectivity index (χ3n) is 8.96. The zero-order valence-electron chi connectivity index (χ0n) is 26.2. The number of carboxylic acid groups (broad SMARTS) is 1. The quantitative estimate of drug-likeness (QED) is 0.132. The van der Waals surface area contributed by atoms with Crippen LogP contribution in [0, 0.1) is 11.6 Å². The number of hydrogen-bond acceptors (Lipinski definition) is 6. The van der Waals surface area contributed by atoms with Gasteiger partial charge in [0.25, 0.3) is 0 Å². The van der Waals surface area contributed by atoms with Gasteiger partial charge in [0, 0.05) is 70.9 Å². The van der Waals surface area contributed by atoms with E-state index in [1.807, 2.05) is 30.3 Å². The Morgan fingerprint density at radius 1 is 1.11 bits per heavy atom. The van der Waals surface area contributed by atoms with E-state index in [2.05, 4.69) is 21.9 Å². The highest BCUT2D eigenvalue weighted by molar-refractivity contribution is 5.85. The van der Waals surface area contributed by atoms with Crippen molar-refractivity contribution in [3.05, 3.63) is 113 Å². The molecule has 0 amide bonds. The second-order valence-corrected chi connectivity index (χ2v) is 12.3. The zero-order chi connectivity index (χ0) is 33.1. The predicted molar refractivity (Wildman–Crippen MR) is 177 cm³/mol. The Morgan fingerprint density at radius 2 is 1.96 bits per heavy atom. The number of imidazole rings is 1. The van der Waals surface area contributed by atoms with Crippen LogP contribution in [0.25, 0.3) is 22.3 Å². The van der Waals surface area contributed by atoms with Crippen molar-refractivity contribution in [2.45, 2.75) is 57.3 Å². The number of benzene rings is 3. The summed E-state index contributed by atoms with van der Waals surface area (Å²) in [5.74, 6) is 5.03. The van der Waals surface area contributed by atoms with E-state index in [0.29, 0.717) is 67.7 Å². The predicted octanol–water partition coefficient (Wildman–Crippen LogP) is 7.04. The fourth-order valence-corrected chi connectivity index (χ4v) is 6.37. The third-order valence-corrected chi connectivity index (χ3v) is 8.96. The van der Waals surface area contributed by atoms with Gasteiger partial charge in [-0.1, -0.05) is 24.3 Å². The standard InChI is InChI=1S/C36H38F2N6O3/c1-36(23-6-2-5-22(17-23)9-12-33(45)46)14-3-7-24(39)21-44(40)16-4-8-27-26-13-15-41-31(26)19-30(38)34(27)47-25-10-11-29(37)28(18-25)35-42-20-32(36)43-35/h2,5-6,10-11,13,15,17-21,41H,3-4,7-9,12,14,16,39-40H2,1H3,(H,42,43)(H,45,46)/b24-21-. The minimum Gasteiger partial charge on any atom is -0.481 e. The second kappa shape index (κ2) is 13.3. The van der Waals surface area contributed by atoms with Crippen molar-refractivity contribution in [1.29, 1.82) is 0 Å². The highest BCUT2D eigenvalue weighted by Gasteiger charge is 2.31. The summed E-state index contributed by atoms with van der Waals surface area (Å²) in [4.78, 5) is 22.2. The van der Waals surface area contributed by atoms with Gasteiger partial charge in [0.05, 0.1) is 5.56 Å². The number of H-pyrrole nitrogens is 2. The fraction of sp³-hybridized carbons (Fsp3) is 0.278. The molecule has 9 nitrogen and oxygen atoms in total. The van der Waals surface area contributed by atoms with Gasteiger partial charge in [-0.05, 0) is 80.8 Å². The Bertz CT molecular complexity index is 1950. The molecule has 3 aromatic carbocycles. The van der Waals surface area contributed by atoms with E-state index in [1.54, 1.807) is 23.6 Å². The second-order valence-electron chi connectivity index (χ2n) is 12.3. The molecule has 7 N–H and O–H groups in total. The average molecular weight is 641 g/mol. The van der Waals surface area contributed by atoms with Crippen molar-refractivity contribution in [3.63, 3.8) is 0 Å². The van der Waals surface area contributed by atoms with Crippen molar-refractivity contribution < 1.29 is 23.4 Å². The van der Waals surface area contributed by atoms with Gasteiger partial charge in [0.2, 0.25) is 0 Å². The number of nitrogens with one attached hydrogen (secondary N) is 2. The Hall–Kier alpha value is -5.16.